The molecule has 0 spiro atoms. The van der Waals surface area contributed by atoms with Crippen molar-refractivity contribution in [3.63, 3.8) is 0 Å². The third-order valence-electron chi connectivity index (χ3n) is 3.72. The lowest BCUT2D eigenvalue weighted by Crippen LogP contribution is -2.33. The minimum Gasteiger partial charge on any atom is -0.481 e. The normalized spacial score (nSPS) is 21.8. The second-order valence-electron chi connectivity index (χ2n) is 6.67. The first-order valence-corrected chi connectivity index (χ1v) is 7.51. The Kier molecular flexibility index (Phi) is 6.64. The highest BCUT2D eigenvalue weighted by molar-refractivity contribution is 5.75. The highest BCUT2D eigenvalue weighted by Gasteiger charge is 2.26. The second-order valence-corrected chi connectivity index (χ2v) is 6.67. The first-order valence-electron chi connectivity index (χ1n) is 7.51. The Labute approximate surface area is 130 Å². The SMILES string of the molecule is CC(C)(C)C(=O)OCOC(=O)NC[C@H]1CC[C@H](C(=O)O)CC1. The van der Waals surface area contributed by atoms with Crippen LogP contribution in [0.5, 0.6) is 0 Å². The molecule has 1 aliphatic carbocycles. The Morgan fingerprint density at radius 1 is 1.09 bits per heavy atom. The number of carbonyl (C=O) groups is 3. The van der Waals surface area contributed by atoms with Crippen LogP contribution in [-0.2, 0) is 19.1 Å². The summed E-state index contributed by atoms with van der Waals surface area (Å²) in [5.41, 5.74) is -0.636. The molecular weight excluding hydrogens is 290 g/mol. The summed E-state index contributed by atoms with van der Waals surface area (Å²) in [6, 6.07) is 0. The molecule has 1 saturated carbocycles. The van der Waals surface area contributed by atoms with Crippen LogP contribution in [0.25, 0.3) is 0 Å². The molecule has 22 heavy (non-hydrogen) atoms. The van der Waals surface area contributed by atoms with Gasteiger partial charge in [0, 0.05) is 6.54 Å². The van der Waals surface area contributed by atoms with Crippen LogP contribution in [0.15, 0.2) is 0 Å². The van der Waals surface area contributed by atoms with Crippen LogP contribution in [0.3, 0.4) is 0 Å². The molecule has 0 atom stereocenters. The Hall–Kier alpha value is -1.79. The lowest BCUT2D eigenvalue weighted by Gasteiger charge is -2.26. The molecule has 0 aromatic heterocycles. The van der Waals surface area contributed by atoms with Crippen LogP contribution in [0.1, 0.15) is 46.5 Å². The number of alkyl carbamates (subject to hydrolysis) is 1. The first kappa shape index (κ1) is 18.3. The summed E-state index contributed by atoms with van der Waals surface area (Å²) in [6.07, 6.45) is 2.19. The Morgan fingerprint density at radius 3 is 2.18 bits per heavy atom. The fourth-order valence-corrected chi connectivity index (χ4v) is 2.25. The number of ether oxygens (including phenoxy) is 2. The zero-order valence-corrected chi connectivity index (χ0v) is 13.4. The van der Waals surface area contributed by atoms with Gasteiger partial charge in [0.15, 0.2) is 0 Å². The van der Waals surface area contributed by atoms with Gasteiger partial charge in [-0.2, -0.15) is 0 Å². The molecule has 7 heteroatoms. The van der Waals surface area contributed by atoms with Gasteiger partial charge in [0.25, 0.3) is 0 Å². The number of hydrogen-bond acceptors (Lipinski definition) is 5. The molecule has 0 heterocycles. The highest BCUT2D eigenvalue weighted by atomic mass is 16.7. The van der Waals surface area contributed by atoms with E-state index in [1.807, 2.05) is 0 Å². The molecule has 0 aromatic carbocycles. The molecule has 7 nitrogen and oxygen atoms in total. The maximum absolute atomic E-state index is 11.5. The van der Waals surface area contributed by atoms with Crippen molar-refractivity contribution in [3.05, 3.63) is 0 Å². The molecule has 0 unspecified atom stereocenters. The highest BCUT2D eigenvalue weighted by Crippen LogP contribution is 2.28. The summed E-state index contributed by atoms with van der Waals surface area (Å²) in [7, 11) is 0. The quantitative estimate of drug-likeness (QED) is 0.595. The molecule has 0 aromatic rings. The van der Waals surface area contributed by atoms with Gasteiger partial charge in [0.2, 0.25) is 6.79 Å². The fourth-order valence-electron chi connectivity index (χ4n) is 2.25. The Morgan fingerprint density at radius 2 is 1.68 bits per heavy atom. The van der Waals surface area contributed by atoms with E-state index in [0.717, 1.165) is 12.8 Å². The summed E-state index contributed by atoms with van der Waals surface area (Å²) in [4.78, 5) is 33.8. The maximum Gasteiger partial charge on any atom is 0.410 e. The standard InChI is InChI=1S/C15H25NO6/c1-15(2,3)13(19)21-9-22-14(20)16-8-10-4-6-11(7-5-10)12(17)18/h10-11H,4-9H2,1-3H3,(H,16,20)(H,17,18)/t10-,11-. The van der Waals surface area contributed by atoms with Gasteiger partial charge < -0.3 is 19.9 Å². The van der Waals surface area contributed by atoms with Crippen molar-refractivity contribution in [2.75, 3.05) is 13.3 Å². The van der Waals surface area contributed by atoms with Crippen LogP contribution in [0, 0.1) is 17.3 Å². The number of aliphatic carboxylic acids is 1. The molecule has 0 radical (unpaired) electrons. The summed E-state index contributed by atoms with van der Waals surface area (Å²) in [5, 5.41) is 11.5. The van der Waals surface area contributed by atoms with Crippen molar-refractivity contribution in [1.29, 1.82) is 0 Å². The lowest BCUT2D eigenvalue weighted by atomic mass is 9.82. The van der Waals surface area contributed by atoms with Crippen LogP contribution in [-0.4, -0.2) is 36.5 Å². The van der Waals surface area contributed by atoms with Gasteiger partial charge in [-0.1, -0.05) is 0 Å². The van der Waals surface area contributed by atoms with E-state index in [-0.39, 0.29) is 11.8 Å². The maximum atomic E-state index is 11.5. The van der Waals surface area contributed by atoms with Gasteiger partial charge in [-0.3, -0.25) is 9.59 Å². The summed E-state index contributed by atoms with van der Waals surface area (Å²) >= 11 is 0. The number of hydrogen-bond donors (Lipinski definition) is 2. The van der Waals surface area contributed by atoms with Gasteiger partial charge in [-0.15, -0.1) is 0 Å². The third kappa shape index (κ3) is 6.32. The van der Waals surface area contributed by atoms with Crippen LogP contribution < -0.4 is 5.32 Å². The number of carbonyl (C=O) groups excluding carboxylic acids is 2. The molecule has 1 rings (SSSR count). The number of carboxylic acid groups (broad SMARTS) is 1. The average Bonchev–Trinajstić information content (AvgIpc) is 2.44. The van der Waals surface area contributed by atoms with Crippen molar-refractivity contribution in [3.8, 4) is 0 Å². The molecule has 0 bridgehead atoms. The fraction of sp³-hybridized carbons (Fsp3) is 0.800. The molecule has 1 aliphatic rings. The summed E-state index contributed by atoms with van der Waals surface area (Å²) < 4.78 is 9.59. The van der Waals surface area contributed by atoms with E-state index in [1.165, 1.54) is 0 Å². The molecule has 1 fully saturated rings. The number of amides is 1. The van der Waals surface area contributed by atoms with Crippen molar-refractivity contribution < 1.29 is 29.0 Å². The first-order chi connectivity index (χ1) is 10.2. The minimum absolute atomic E-state index is 0.264. The molecule has 1 amide bonds. The zero-order valence-electron chi connectivity index (χ0n) is 13.4. The van der Waals surface area contributed by atoms with Crippen molar-refractivity contribution in [1.82, 2.24) is 5.32 Å². The lowest BCUT2D eigenvalue weighted by molar-refractivity contribution is -0.161. The molecular formula is C15H25NO6. The van der Waals surface area contributed by atoms with Gasteiger partial charge in [0.1, 0.15) is 0 Å². The van der Waals surface area contributed by atoms with Gasteiger partial charge >= 0.3 is 18.0 Å². The number of nitrogens with one attached hydrogen (secondary N) is 1. The molecule has 126 valence electrons. The summed E-state index contributed by atoms with van der Waals surface area (Å²) in [5.74, 6) is -1.18. The van der Waals surface area contributed by atoms with E-state index in [0.29, 0.717) is 19.4 Å². The van der Waals surface area contributed by atoms with Crippen LogP contribution >= 0.6 is 0 Å². The monoisotopic (exact) mass is 315 g/mol. The van der Waals surface area contributed by atoms with E-state index >= 15 is 0 Å². The van der Waals surface area contributed by atoms with Crippen LogP contribution in [0.4, 0.5) is 4.79 Å². The number of esters is 1. The van der Waals surface area contributed by atoms with Gasteiger partial charge in [-0.25, -0.2) is 4.79 Å². The van der Waals surface area contributed by atoms with Gasteiger partial charge in [-0.05, 0) is 52.4 Å². The summed E-state index contributed by atoms with van der Waals surface area (Å²) in [6.45, 7) is 5.17. The average molecular weight is 315 g/mol. The third-order valence-corrected chi connectivity index (χ3v) is 3.72. The largest absolute Gasteiger partial charge is 0.481 e. The van der Waals surface area contributed by atoms with Crippen LogP contribution in [0.2, 0.25) is 0 Å². The Balaban J connectivity index is 2.14. The van der Waals surface area contributed by atoms with Crippen molar-refractivity contribution >= 4 is 18.0 Å². The topological polar surface area (TPSA) is 102 Å². The van der Waals surface area contributed by atoms with Crippen molar-refractivity contribution in [2.45, 2.75) is 46.5 Å². The number of rotatable bonds is 5. The van der Waals surface area contributed by atoms with Crippen molar-refractivity contribution in [2.24, 2.45) is 17.3 Å². The van der Waals surface area contributed by atoms with E-state index in [4.69, 9.17) is 14.6 Å². The molecule has 0 aliphatic heterocycles. The Bertz CT molecular complexity index is 407. The minimum atomic E-state index is -0.744. The zero-order chi connectivity index (χ0) is 16.8. The van der Waals surface area contributed by atoms with E-state index in [2.05, 4.69) is 5.32 Å². The predicted molar refractivity (Wildman–Crippen MR) is 78.0 cm³/mol. The smallest absolute Gasteiger partial charge is 0.410 e. The molecule has 2 N–H and O–H groups in total. The number of carboxylic acids is 1. The van der Waals surface area contributed by atoms with E-state index in [9.17, 15) is 14.4 Å². The van der Waals surface area contributed by atoms with E-state index < -0.39 is 30.2 Å². The predicted octanol–water partition coefficient (Wildman–Crippen LogP) is 2.15. The second kappa shape index (κ2) is 8.00. The molecule has 0 saturated heterocycles. The van der Waals surface area contributed by atoms with E-state index in [1.54, 1.807) is 20.8 Å². The van der Waals surface area contributed by atoms with Gasteiger partial charge in [0.05, 0.1) is 11.3 Å².